The van der Waals surface area contributed by atoms with Crippen LogP contribution in [0.2, 0.25) is 0 Å². The van der Waals surface area contributed by atoms with Crippen LogP contribution in [0.5, 0.6) is 0 Å². The number of anilines is 1. The van der Waals surface area contributed by atoms with Gasteiger partial charge in [0.25, 0.3) is 10.0 Å². The summed E-state index contributed by atoms with van der Waals surface area (Å²) < 4.78 is 26.3. The molecule has 1 aromatic heterocycles. The molecule has 0 amide bonds. The van der Waals surface area contributed by atoms with Crippen LogP contribution in [0.25, 0.3) is 0 Å². The van der Waals surface area contributed by atoms with Crippen molar-refractivity contribution in [3.63, 3.8) is 0 Å². The van der Waals surface area contributed by atoms with E-state index in [1.54, 1.807) is 0 Å². The first kappa shape index (κ1) is 14.7. The second kappa shape index (κ2) is 5.37. The minimum absolute atomic E-state index is 0.0626. The summed E-state index contributed by atoms with van der Waals surface area (Å²) in [5.74, 6) is -1.56. The predicted octanol–water partition coefficient (Wildman–Crippen LogP) is 1.11. The number of carbonyl (C=O) groups excluding carboxylic acids is 1. The third-order valence-corrected chi connectivity index (χ3v) is 3.99. The first-order chi connectivity index (χ1) is 9.79. The molecule has 110 valence electrons. The summed E-state index contributed by atoms with van der Waals surface area (Å²) in [4.78, 5) is 21.7. The van der Waals surface area contributed by atoms with Gasteiger partial charge in [0.15, 0.2) is 11.6 Å². The molecule has 2 aromatic rings. The van der Waals surface area contributed by atoms with Crippen LogP contribution in [-0.4, -0.2) is 35.5 Å². The number of nitrogens with one attached hydrogen (secondary N) is 2. The number of benzene rings is 1. The lowest BCUT2D eigenvalue weighted by atomic mass is 10.2. The molecule has 0 saturated carbocycles. The molecule has 0 fully saturated rings. The molecule has 0 bridgehead atoms. The van der Waals surface area contributed by atoms with Crippen molar-refractivity contribution in [2.24, 2.45) is 0 Å². The van der Waals surface area contributed by atoms with Crippen molar-refractivity contribution in [3.8, 4) is 0 Å². The van der Waals surface area contributed by atoms with E-state index in [1.165, 1.54) is 31.2 Å². The van der Waals surface area contributed by atoms with Gasteiger partial charge in [-0.05, 0) is 19.1 Å². The van der Waals surface area contributed by atoms with Crippen molar-refractivity contribution < 1.29 is 23.1 Å². The number of aromatic nitrogens is 2. The van der Waals surface area contributed by atoms with Crippen LogP contribution in [-0.2, 0) is 10.0 Å². The SMILES string of the molecule is CC(=O)c1ccc(S(=O)(=O)Nc2cc(C(=O)O)[nH]n2)cc1. The van der Waals surface area contributed by atoms with Gasteiger partial charge in [-0.1, -0.05) is 12.1 Å². The second-order valence-electron chi connectivity index (χ2n) is 4.16. The molecule has 0 spiro atoms. The molecular formula is C12H11N3O5S. The van der Waals surface area contributed by atoms with Gasteiger partial charge in [0.1, 0.15) is 5.69 Å². The summed E-state index contributed by atoms with van der Waals surface area (Å²) in [6.07, 6.45) is 0. The number of carboxylic acids is 1. The Labute approximate surface area is 119 Å². The van der Waals surface area contributed by atoms with Gasteiger partial charge < -0.3 is 5.11 Å². The number of ketones is 1. The summed E-state index contributed by atoms with van der Waals surface area (Å²) in [5.41, 5.74) is 0.154. The molecule has 0 unspecified atom stereocenters. The first-order valence-electron chi connectivity index (χ1n) is 5.72. The van der Waals surface area contributed by atoms with Crippen LogP contribution < -0.4 is 4.72 Å². The topological polar surface area (TPSA) is 129 Å². The highest BCUT2D eigenvalue weighted by atomic mass is 32.2. The third kappa shape index (κ3) is 3.26. The summed E-state index contributed by atoms with van der Waals surface area (Å²) in [6.45, 7) is 1.37. The summed E-state index contributed by atoms with van der Waals surface area (Å²) in [5, 5.41) is 14.4. The standard InChI is InChI=1S/C12H11N3O5S/c1-7(16)8-2-4-9(5-3-8)21(19,20)15-11-6-10(12(17)18)13-14-11/h2-6H,1H3,(H,17,18)(H2,13,14,15). The Morgan fingerprint density at radius 3 is 2.33 bits per heavy atom. The van der Waals surface area contributed by atoms with E-state index in [1.807, 2.05) is 0 Å². The summed E-state index contributed by atoms with van der Waals surface area (Å²) in [7, 11) is -3.90. The molecular weight excluding hydrogens is 298 g/mol. The van der Waals surface area contributed by atoms with E-state index in [2.05, 4.69) is 14.9 Å². The van der Waals surface area contributed by atoms with Crippen LogP contribution >= 0.6 is 0 Å². The number of hydrogen-bond acceptors (Lipinski definition) is 5. The van der Waals surface area contributed by atoms with Crippen molar-refractivity contribution in [2.45, 2.75) is 11.8 Å². The van der Waals surface area contributed by atoms with Gasteiger partial charge in [-0.25, -0.2) is 13.2 Å². The smallest absolute Gasteiger partial charge is 0.353 e. The minimum atomic E-state index is -3.90. The van der Waals surface area contributed by atoms with E-state index in [0.29, 0.717) is 5.56 Å². The number of nitrogens with zero attached hydrogens (tertiary/aromatic N) is 1. The zero-order chi connectivity index (χ0) is 15.6. The van der Waals surface area contributed by atoms with E-state index < -0.39 is 16.0 Å². The Morgan fingerprint density at radius 1 is 1.24 bits per heavy atom. The molecule has 2 rings (SSSR count). The van der Waals surface area contributed by atoms with Gasteiger partial charge in [-0.15, -0.1) is 0 Å². The van der Waals surface area contributed by atoms with E-state index in [0.717, 1.165) is 6.07 Å². The maximum absolute atomic E-state index is 12.1. The van der Waals surface area contributed by atoms with Gasteiger partial charge in [-0.3, -0.25) is 14.6 Å². The molecule has 21 heavy (non-hydrogen) atoms. The fraction of sp³-hybridized carbons (Fsp3) is 0.0833. The number of carboxylic acid groups (broad SMARTS) is 1. The number of hydrogen-bond donors (Lipinski definition) is 3. The highest BCUT2D eigenvalue weighted by molar-refractivity contribution is 7.92. The number of rotatable bonds is 5. The second-order valence-corrected chi connectivity index (χ2v) is 5.84. The van der Waals surface area contributed by atoms with E-state index in [-0.39, 0.29) is 22.2 Å². The van der Waals surface area contributed by atoms with E-state index in [4.69, 9.17) is 5.11 Å². The number of sulfonamides is 1. The zero-order valence-electron chi connectivity index (χ0n) is 10.8. The number of carbonyl (C=O) groups is 2. The first-order valence-corrected chi connectivity index (χ1v) is 7.20. The molecule has 3 N–H and O–H groups in total. The lowest BCUT2D eigenvalue weighted by molar-refractivity contribution is 0.0690. The highest BCUT2D eigenvalue weighted by Crippen LogP contribution is 2.16. The largest absolute Gasteiger partial charge is 0.477 e. The monoisotopic (exact) mass is 309 g/mol. The number of aromatic carboxylic acids is 1. The minimum Gasteiger partial charge on any atom is -0.477 e. The van der Waals surface area contributed by atoms with Gasteiger partial charge >= 0.3 is 5.97 Å². The van der Waals surface area contributed by atoms with Gasteiger partial charge in [0.2, 0.25) is 0 Å². The van der Waals surface area contributed by atoms with Crippen LogP contribution in [0.4, 0.5) is 5.82 Å². The Hall–Kier alpha value is -2.68. The maximum Gasteiger partial charge on any atom is 0.353 e. The molecule has 1 heterocycles. The molecule has 0 radical (unpaired) electrons. The van der Waals surface area contributed by atoms with E-state index >= 15 is 0 Å². The number of Topliss-reactive ketones (excluding diaryl/α,β-unsaturated/α-hetero) is 1. The lowest BCUT2D eigenvalue weighted by Crippen LogP contribution is -2.13. The Kier molecular flexibility index (Phi) is 3.76. The fourth-order valence-electron chi connectivity index (χ4n) is 1.55. The van der Waals surface area contributed by atoms with E-state index in [9.17, 15) is 18.0 Å². The molecule has 9 heteroatoms. The van der Waals surface area contributed by atoms with Crippen LogP contribution in [0.1, 0.15) is 27.8 Å². The van der Waals surface area contributed by atoms with Crippen LogP contribution in [0, 0.1) is 0 Å². The normalized spacial score (nSPS) is 11.1. The molecule has 0 aliphatic rings. The highest BCUT2D eigenvalue weighted by Gasteiger charge is 2.17. The molecule has 0 atom stereocenters. The van der Waals surface area contributed by atoms with Gasteiger partial charge in [-0.2, -0.15) is 5.10 Å². The van der Waals surface area contributed by atoms with Crippen molar-refractivity contribution in [2.75, 3.05) is 4.72 Å². The molecule has 8 nitrogen and oxygen atoms in total. The number of H-pyrrole nitrogens is 1. The van der Waals surface area contributed by atoms with Crippen molar-refractivity contribution in [3.05, 3.63) is 41.6 Å². The maximum atomic E-state index is 12.1. The Bertz CT molecular complexity index is 793. The summed E-state index contributed by atoms with van der Waals surface area (Å²) >= 11 is 0. The predicted molar refractivity (Wildman–Crippen MR) is 72.8 cm³/mol. The molecule has 0 aliphatic carbocycles. The summed E-state index contributed by atoms with van der Waals surface area (Å²) in [6, 6.07) is 6.41. The Balaban J connectivity index is 2.24. The fourth-order valence-corrected chi connectivity index (χ4v) is 2.54. The van der Waals surface area contributed by atoms with Crippen LogP contribution in [0.3, 0.4) is 0 Å². The number of aromatic amines is 1. The van der Waals surface area contributed by atoms with Crippen molar-refractivity contribution >= 4 is 27.6 Å². The molecule has 0 aliphatic heterocycles. The lowest BCUT2D eigenvalue weighted by Gasteiger charge is -2.05. The third-order valence-electron chi connectivity index (χ3n) is 2.62. The van der Waals surface area contributed by atoms with Crippen molar-refractivity contribution in [1.82, 2.24) is 10.2 Å². The quantitative estimate of drug-likeness (QED) is 0.709. The molecule has 1 aromatic carbocycles. The average molecular weight is 309 g/mol. The average Bonchev–Trinajstić information content (AvgIpc) is 2.87. The Morgan fingerprint density at radius 2 is 1.86 bits per heavy atom. The van der Waals surface area contributed by atoms with Gasteiger partial charge in [0.05, 0.1) is 4.90 Å². The zero-order valence-corrected chi connectivity index (χ0v) is 11.6. The van der Waals surface area contributed by atoms with Crippen molar-refractivity contribution in [1.29, 1.82) is 0 Å². The van der Waals surface area contributed by atoms with Gasteiger partial charge in [0, 0.05) is 11.6 Å². The molecule has 0 saturated heterocycles. The van der Waals surface area contributed by atoms with Crippen LogP contribution in [0.15, 0.2) is 35.2 Å².